The van der Waals surface area contributed by atoms with Crippen molar-refractivity contribution < 1.29 is 9.53 Å². The van der Waals surface area contributed by atoms with Gasteiger partial charge in [-0.2, -0.15) is 0 Å². The molecule has 0 aromatic rings. The lowest BCUT2D eigenvalue weighted by molar-refractivity contribution is 0.0302. The van der Waals surface area contributed by atoms with E-state index in [0.29, 0.717) is 25.2 Å². The molecule has 0 aromatic carbocycles. The van der Waals surface area contributed by atoms with Gasteiger partial charge in [-0.25, -0.2) is 4.79 Å². The van der Waals surface area contributed by atoms with E-state index in [-0.39, 0.29) is 6.09 Å². The van der Waals surface area contributed by atoms with Crippen molar-refractivity contribution in [1.29, 1.82) is 0 Å². The highest BCUT2D eigenvalue weighted by molar-refractivity contribution is 5.80. The van der Waals surface area contributed by atoms with Gasteiger partial charge in [-0.3, -0.25) is 4.99 Å². The fourth-order valence-electron chi connectivity index (χ4n) is 2.72. The van der Waals surface area contributed by atoms with Gasteiger partial charge in [-0.15, -0.1) is 0 Å². The molecule has 1 saturated heterocycles. The number of likely N-dealkylation sites (tertiary alicyclic amines) is 1. The Bertz CT molecular complexity index is 437. The second-order valence-electron chi connectivity index (χ2n) is 7.95. The van der Waals surface area contributed by atoms with Gasteiger partial charge in [0, 0.05) is 52.4 Å². The van der Waals surface area contributed by atoms with E-state index in [2.05, 4.69) is 34.4 Å². The Morgan fingerprint density at radius 2 is 1.92 bits per heavy atom. The highest BCUT2D eigenvalue weighted by Gasteiger charge is 2.22. The Balaban J connectivity index is 2.30. The van der Waals surface area contributed by atoms with Crippen LogP contribution < -0.4 is 10.6 Å². The maximum atomic E-state index is 11.9. The van der Waals surface area contributed by atoms with E-state index in [1.54, 1.807) is 19.0 Å². The van der Waals surface area contributed by atoms with Crippen molar-refractivity contribution in [2.75, 3.05) is 40.3 Å². The van der Waals surface area contributed by atoms with Crippen molar-refractivity contribution in [2.24, 2.45) is 4.99 Å². The van der Waals surface area contributed by atoms with Crippen LogP contribution in [0.2, 0.25) is 0 Å². The van der Waals surface area contributed by atoms with Gasteiger partial charge in [0.25, 0.3) is 0 Å². The Kier molecular flexibility index (Phi) is 8.48. The molecule has 0 aliphatic carbocycles. The van der Waals surface area contributed by atoms with Crippen LogP contribution in [0.3, 0.4) is 0 Å². The lowest BCUT2D eigenvalue weighted by Gasteiger charge is -2.35. The number of amides is 1. The SMILES string of the molecule is CN=C(NCCN(C)C(=O)OC(C)(C)C)NC1CCN(C(C)C)CC1. The number of aliphatic imine (C=N–C) groups is 1. The minimum atomic E-state index is -0.471. The average Bonchev–Trinajstić information content (AvgIpc) is 2.52. The van der Waals surface area contributed by atoms with Crippen molar-refractivity contribution in [3.8, 4) is 0 Å². The second kappa shape index (κ2) is 9.85. The molecule has 146 valence electrons. The van der Waals surface area contributed by atoms with Crippen LogP contribution in [0.1, 0.15) is 47.5 Å². The molecule has 25 heavy (non-hydrogen) atoms. The summed E-state index contributed by atoms with van der Waals surface area (Å²) in [4.78, 5) is 20.3. The molecule has 0 unspecified atom stereocenters. The number of likely N-dealkylation sites (N-methyl/N-ethyl adjacent to an activating group) is 1. The van der Waals surface area contributed by atoms with Crippen LogP contribution in [0.5, 0.6) is 0 Å². The summed E-state index contributed by atoms with van der Waals surface area (Å²) in [6.07, 6.45) is 1.94. The number of hydrogen-bond donors (Lipinski definition) is 2. The van der Waals surface area contributed by atoms with Crippen LogP contribution in [0.4, 0.5) is 4.79 Å². The van der Waals surface area contributed by atoms with E-state index in [1.165, 1.54) is 0 Å². The lowest BCUT2D eigenvalue weighted by Crippen LogP contribution is -2.50. The molecular weight excluding hydrogens is 318 g/mol. The fourth-order valence-corrected chi connectivity index (χ4v) is 2.72. The first-order valence-electron chi connectivity index (χ1n) is 9.27. The van der Waals surface area contributed by atoms with Crippen LogP contribution in [0.25, 0.3) is 0 Å². The van der Waals surface area contributed by atoms with Crippen LogP contribution >= 0.6 is 0 Å². The smallest absolute Gasteiger partial charge is 0.410 e. The zero-order valence-electron chi connectivity index (χ0n) is 17.1. The zero-order valence-corrected chi connectivity index (χ0v) is 17.1. The molecular formula is C18H37N5O2. The summed E-state index contributed by atoms with van der Waals surface area (Å²) in [6.45, 7) is 13.5. The lowest BCUT2D eigenvalue weighted by atomic mass is 10.0. The number of nitrogens with one attached hydrogen (secondary N) is 2. The van der Waals surface area contributed by atoms with E-state index >= 15 is 0 Å². The summed E-state index contributed by atoms with van der Waals surface area (Å²) in [5.41, 5.74) is -0.471. The van der Waals surface area contributed by atoms with Crippen LogP contribution in [0.15, 0.2) is 4.99 Å². The standard InChI is InChI=1S/C18H37N5O2/c1-14(2)23-11-8-15(9-12-23)21-16(19-6)20-10-13-22(7)17(24)25-18(3,4)5/h14-15H,8-13H2,1-7H3,(H2,19,20,21). The number of carbonyl (C=O) groups excluding carboxylic acids is 1. The van der Waals surface area contributed by atoms with Gasteiger partial charge in [-0.05, 0) is 47.5 Å². The maximum Gasteiger partial charge on any atom is 0.410 e. The quantitative estimate of drug-likeness (QED) is 0.582. The van der Waals surface area contributed by atoms with E-state index in [0.717, 1.165) is 31.9 Å². The molecule has 2 N–H and O–H groups in total. The first-order valence-corrected chi connectivity index (χ1v) is 9.27. The van der Waals surface area contributed by atoms with Gasteiger partial charge < -0.3 is 25.2 Å². The van der Waals surface area contributed by atoms with Crippen LogP contribution in [0, 0.1) is 0 Å². The summed E-state index contributed by atoms with van der Waals surface area (Å²) in [5.74, 6) is 0.792. The summed E-state index contributed by atoms with van der Waals surface area (Å²) >= 11 is 0. The molecule has 0 bridgehead atoms. The molecule has 0 saturated carbocycles. The molecule has 1 aliphatic heterocycles. The fraction of sp³-hybridized carbons (Fsp3) is 0.889. The number of piperidine rings is 1. The number of rotatable bonds is 5. The maximum absolute atomic E-state index is 11.9. The summed E-state index contributed by atoms with van der Waals surface area (Å²) < 4.78 is 5.34. The molecule has 1 amide bonds. The largest absolute Gasteiger partial charge is 0.444 e. The van der Waals surface area contributed by atoms with E-state index in [9.17, 15) is 4.79 Å². The summed E-state index contributed by atoms with van der Waals surface area (Å²) in [5, 5.41) is 6.76. The third-order valence-electron chi connectivity index (χ3n) is 4.27. The van der Waals surface area contributed by atoms with Gasteiger partial charge >= 0.3 is 6.09 Å². The highest BCUT2D eigenvalue weighted by Crippen LogP contribution is 2.12. The molecule has 0 aromatic heterocycles. The van der Waals surface area contributed by atoms with Crippen molar-refractivity contribution in [3.63, 3.8) is 0 Å². The van der Waals surface area contributed by atoms with E-state index in [1.807, 2.05) is 20.8 Å². The zero-order chi connectivity index (χ0) is 19.0. The van der Waals surface area contributed by atoms with E-state index in [4.69, 9.17) is 4.74 Å². The molecule has 1 rings (SSSR count). The van der Waals surface area contributed by atoms with Gasteiger partial charge in [0.2, 0.25) is 0 Å². The Hall–Kier alpha value is -1.50. The summed E-state index contributed by atoms with van der Waals surface area (Å²) in [6, 6.07) is 1.06. The van der Waals surface area contributed by atoms with Gasteiger partial charge in [-0.1, -0.05) is 0 Å². The second-order valence-corrected chi connectivity index (χ2v) is 7.95. The minimum Gasteiger partial charge on any atom is -0.444 e. The minimum absolute atomic E-state index is 0.307. The predicted octanol–water partition coefficient (Wildman–Crippen LogP) is 1.89. The predicted molar refractivity (Wildman–Crippen MR) is 103 cm³/mol. The Morgan fingerprint density at radius 1 is 1.32 bits per heavy atom. The number of ether oxygens (including phenoxy) is 1. The molecule has 1 aliphatic rings. The molecule has 1 heterocycles. The molecule has 0 radical (unpaired) electrons. The normalized spacial score (nSPS) is 17.5. The van der Waals surface area contributed by atoms with Crippen LogP contribution in [-0.4, -0.2) is 79.8 Å². The Labute approximate surface area is 153 Å². The number of nitrogens with zero attached hydrogens (tertiary/aromatic N) is 3. The first-order chi connectivity index (χ1) is 11.6. The third kappa shape index (κ3) is 8.43. The molecule has 7 heteroatoms. The van der Waals surface area contributed by atoms with Gasteiger partial charge in [0.1, 0.15) is 5.60 Å². The Morgan fingerprint density at radius 3 is 2.40 bits per heavy atom. The van der Waals surface area contributed by atoms with Gasteiger partial charge in [0.15, 0.2) is 5.96 Å². The average molecular weight is 356 g/mol. The number of hydrogen-bond acceptors (Lipinski definition) is 4. The van der Waals surface area contributed by atoms with E-state index < -0.39 is 5.60 Å². The first kappa shape index (κ1) is 21.5. The van der Waals surface area contributed by atoms with Crippen molar-refractivity contribution in [1.82, 2.24) is 20.4 Å². The van der Waals surface area contributed by atoms with Crippen molar-refractivity contribution in [3.05, 3.63) is 0 Å². The third-order valence-corrected chi connectivity index (χ3v) is 4.27. The number of carbonyl (C=O) groups is 1. The highest BCUT2D eigenvalue weighted by atomic mass is 16.6. The summed E-state index contributed by atoms with van der Waals surface area (Å²) in [7, 11) is 3.52. The van der Waals surface area contributed by atoms with Crippen LogP contribution in [-0.2, 0) is 4.74 Å². The molecule has 1 fully saturated rings. The number of guanidine groups is 1. The van der Waals surface area contributed by atoms with Crippen molar-refractivity contribution >= 4 is 12.1 Å². The monoisotopic (exact) mass is 355 g/mol. The van der Waals surface area contributed by atoms with Crippen molar-refractivity contribution in [2.45, 2.75) is 65.1 Å². The van der Waals surface area contributed by atoms with Gasteiger partial charge in [0.05, 0.1) is 0 Å². The molecule has 0 spiro atoms. The molecule has 7 nitrogen and oxygen atoms in total. The topological polar surface area (TPSA) is 69.2 Å². The molecule has 0 atom stereocenters.